The smallest absolute Gasteiger partial charge is 0.317 e. The molecule has 2 aromatic rings. The molecule has 1 atom stereocenters. The van der Waals surface area contributed by atoms with Crippen LogP contribution in [0, 0.1) is 32.6 Å². The first-order valence-electron chi connectivity index (χ1n) is 9.12. The van der Waals surface area contributed by atoms with Crippen LogP contribution in [0.25, 0.3) is 0 Å². The van der Waals surface area contributed by atoms with Gasteiger partial charge in [0.2, 0.25) is 0 Å². The third-order valence-corrected chi connectivity index (χ3v) is 4.46. The summed E-state index contributed by atoms with van der Waals surface area (Å²) in [7, 11) is 0. The van der Waals surface area contributed by atoms with Crippen LogP contribution < -0.4 is 0 Å². The van der Waals surface area contributed by atoms with Crippen molar-refractivity contribution < 1.29 is 14.3 Å². The van der Waals surface area contributed by atoms with Gasteiger partial charge in [0.15, 0.2) is 5.78 Å². The van der Waals surface area contributed by atoms with Gasteiger partial charge in [-0.1, -0.05) is 61.9 Å². The lowest BCUT2D eigenvalue weighted by molar-refractivity contribution is -0.148. The molecule has 2 aromatic carbocycles. The number of carbonyl (C=O) groups excluding carboxylic acids is 2. The normalized spacial score (nSPS) is 12.1. The molecule has 0 aliphatic carbocycles. The number of benzene rings is 2. The van der Waals surface area contributed by atoms with E-state index in [1.165, 1.54) is 0 Å². The summed E-state index contributed by atoms with van der Waals surface area (Å²) in [5.41, 5.74) is 4.51. The maximum atomic E-state index is 13.2. The molecule has 0 spiro atoms. The van der Waals surface area contributed by atoms with Gasteiger partial charge in [0.1, 0.15) is 12.5 Å². The fraction of sp³-hybridized carbons (Fsp3) is 0.391. The summed E-state index contributed by atoms with van der Waals surface area (Å²) in [5, 5.41) is 0. The van der Waals surface area contributed by atoms with Crippen LogP contribution in [0.15, 0.2) is 42.5 Å². The van der Waals surface area contributed by atoms with E-state index < -0.39 is 11.9 Å². The summed E-state index contributed by atoms with van der Waals surface area (Å²) < 4.78 is 5.48. The molecule has 0 saturated heterocycles. The lowest BCUT2D eigenvalue weighted by Crippen LogP contribution is -2.29. The van der Waals surface area contributed by atoms with Crippen LogP contribution in [0.5, 0.6) is 0 Å². The van der Waals surface area contributed by atoms with E-state index in [2.05, 4.69) is 0 Å². The standard InChI is InChI=1S/C23H28O3/c1-15(2)11-20(23(25)26-14-19-9-7-6-8-10-19)22(24)21-17(4)12-16(3)13-18(21)5/h6-10,12-13,15,20H,11,14H2,1-5H3. The van der Waals surface area contributed by atoms with Crippen LogP contribution in [0.4, 0.5) is 0 Å². The molecule has 3 heteroatoms. The van der Waals surface area contributed by atoms with Crippen LogP contribution in [-0.4, -0.2) is 11.8 Å². The van der Waals surface area contributed by atoms with Crippen molar-refractivity contribution in [3.8, 4) is 0 Å². The minimum atomic E-state index is -0.765. The molecule has 0 heterocycles. The molecule has 26 heavy (non-hydrogen) atoms. The van der Waals surface area contributed by atoms with Crippen LogP contribution >= 0.6 is 0 Å². The lowest BCUT2D eigenvalue weighted by Gasteiger charge is -2.19. The zero-order chi connectivity index (χ0) is 19.3. The molecule has 0 bridgehead atoms. The van der Waals surface area contributed by atoms with Crippen molar-refractivity contribution in [1.29, 1.82) is 0 Å². The SMILES string of the molecule is Cc1cc(C)c(C(=O)C(CC(C)C)C(=O)OCc2ccccc2)c(C)c1. The van der Waals surface area contributed by atoms with E-state index in [0.717, 1.165) is 22.3 Å². The molecule has 0 saturated carbocycles. The number of aryl methyl sites for hydroxylation is 3. The Bertz CT molecular complexity index is 752. The molecule has 2 rings (SSSR count). The Morgan fingerprint density at radius 1 is 0.962 bits per heavy atom. The molecule has 3 nitrogen and oxygen atoms in total. The largest absolute Gasteiger partial charge is 0.460 e. The van der Waals surface area contributed by atoms with E-state index in [1.807, 2.05) is 77.1 Å². The average molecular weight is 352 g/mol. The second-order valence-electron chi connectivity index (χ2n) is 7.41. The zero-order valence-electron chi connectivity index (χ0n) is 16.3. The summed E-state index contributed by atoms with van der Waals surface area (Å²) in [6, 6.07) is 13.5. The molecule has 0 N–H and O–H groups in total. The van der Waals surface area contributed by atoms with E-state index >= 15 is 0 Å². The van der Waals surface area contributed by atoms with Gasteiger partial charge in [-0.2, -0.15) is 0 Å². The molecule has 138 valence electrons. The highest BCUT2D eigenvalue weighted by Gasteiger charge is 2.31. The fourth-order valence-electron chi connectivity index (χ4n) is 3.35. The molecular formula is C23H28O3. The monoisotopic (exact) mass is 352 g/mol. The number of hydrogen-bond acceptors (Lipinski definition) is 3. The van der Waals surface area contributed by atoms with Crippen LogP contribution in [-0.2, 0) is 16.1 Å². The van der Waals surface area contributed by atoms with Gasteiger partial charge >= 0.3 is 5.97 Å². The van der Waals surface area contributed by atoms with Gasteiger partial charge in [-0.05, 0) is 49.8 Å². The second-order valence-corrected chi connectivity index (χ2v) is 7.41. The summed E-state index contributed by atoms with van der Waals surface area (Å²) in [6.45, 7) is 10.1. The molecule has 0 aliphatic heterocycles. The Hall–Kier alpha value is -2.42. The van der Waals surface area contributed by atoms with Crippen molar-refractivity contribution in [2.24, 2.45) is 11.8 Å². The second kappa shape index (κ2) is 8.79. The minimum absolute atomic E-state index is 0.133. The summed E-state index contributed by atoms with van der Waals surface area (Å²) in [6.07, 6.45) is 0.485. The first kappa shape index (κ1) is 19.9. The van der Waals surface area contributed by atoms with E-state index in [0.29, 0.717) is 12.0 Å². The highest BCUT2D eigenvalue weighted by Crippen LogP contribution is 2.25. The Balaban J connectivity index is 2.23. The third-order valence-electron chi connectivity index (χ3n) is 4.46. The molecule has 1 unspecified atom stereocenters. The van der Waals surface area contributed by atoms with Gasteiger partial charge in [0.05, 0.1) is 0 Å². The Morgan fingerprint density at radius 3 is 2.08 bits per heavy atom. The first-order chi connectivity index (χ1) is 12.3. The van der Waals surface area contributed by atoms with Gasteiger partial charge in [-0.3, -0.25) is 9.59 Å². The van der Waals surface area contributed by atoms with Gasteiger partial charge in [0.25, 0.3) is 0 Å². The molecule has 0 radical (unpaired) electrons. The maximum Gasteiger partial charge on any atom is 0.317 e. The molecule has 0 aromatic heterocycles. The highest BCUT2D eigenvalue weighted by molar-refractivity contribution is 6.10. The van der Waals surface area contributed by atoms with E-state index in [4.69, 9.17) is 4.74 Å². The van der Waals surface area contributed by atoms with Crippen LogP contribution in [0.3, 0.4) is 0 Å². The van der Waals surface area contributed by atoms with Crippen molar-refractivity contribution in [2.45, 2.75) is 47.6 Å². The van der Waals surface area contributed by atoms with Crippen molar-refractivity contribution in [3.05, 3.63) is 70.3 Å². The Labute approximate surface area is 156 Å². The highest BCUT2D eigenvalue weighted by atomic mass is 16.5. The predicted molar refractivity (Wildman–Crippen MR) is 104 cm³/mol. The number of esters is 1. The van der Waals surface area contributed by atoms with Gasteiger partial charge < -0.3 is 4.74 Å². The third kappa shape index (κ3) is 5.04. The Morgan fingerprint density at radius 2 is 1.54 bits per heavy atom. The topological polar surface area (TPSA) is 43.4 Å². The molecule has 0 amide bonds. The lowest BCUT2D eigenvalue weighted by atomic mass is 9.85. The number of ketones is 1. The van der Waals surface area contributed by atoms with E-state index in [-0.39, 0.29) is 18.3 Å². The maximum absolute atomic E-state index is 13.2. The van der Waals surface area contributed by atoms with Gasteiger partial charge in [-0.15, -0.1) is 0 Å². The van der Waals surface area contributed by atoms with Crippen LogP contribution in [0.1, 0.15) is 52.9 Å². The quantitative estimate of drug-likeness (QED) is 0.391. The summed E-state index contributed by atoms with van der Waals surface area (Å²) in [4.78, 5) is 25.9. The van der Waals surface area contributed by atoms with E-state index in [1.54, 1.807) is 0 Å². The zero-order valence-corrected chi connectivity index (χ0v) is 16.3. The number of Topliss-reactive ketones (excluding diaryl/α,β-unsaturated/α-hetero) is 1. The summed E-state index contributed by atoms with van der Waals surface area (Å²) in [5.74, 6) is -1.11. The van der Waals surface area contributed by atoms with Crippen LogP contribution in [0.2, 0.25) is 0 Å². The number of ether oxygens (including phenoxy) is 1. The first-order valence-corrected chi connectivity index (χ1v) is 9.12. The van der Waals surface area contributed by atoms with E-state index in [9.17, 15) is 9.59 Å². The van der Waals surface area contributed by atoms with Crippen molar-refractivity contribution in [1.82, 2.24) is 0 Å². The minimum Gasteiger partial charge on any atom is -0.460 e. The molecular weight excluding hydrogens is 324 g/mol. The predicted octanol–water partition coefficient (Wildman–Crippen LogP) is 5.20. The average Bonchev–Trinajstić information content (AvgIpc) is 2.57. The van der Waals surface area contributed by atoms with Crippen molar-refractivity contribution in [2.75, 3.05) is 0 Å². The Kier molecular flexibility index (Phi) is 6.73. The molecule has 0 fully saturated rings. The molecule has 0 aliphatic rings. The number of rotatable bonds is 7. The fourth-order valence-corrected chi connectivity index (χ4v) is 3.35. The number of carbonyl (C=O) groups is 2. The van der Waals surface area contributed by atoms with Crippen molar-refractivity contribution >= 4 is 11.8 Å². The van der Waals surface area contributed by atoms with Gasteiger partial charge in [-0.25, -0.2) is 0 Å². The van der Waals surface area contributed by atoms with Gasteiger partial charge in [0, 0.05) is 5.56 Å². The summed E-state index contributed by atoms with van der Waals surface area (Å²) >= 11 is 0. The number of hydrogen-bond donors (Lipinski definition) is 0. The van der Waals surface area contributed by atoms with Crippen molar-refractivity contribution in [3.63, 3.8) is 0 Å².